The molecule has 3 aromatic heterocycles. The minimum absolute atomic E-state index is 0.0559. The highest BCUT2D eigenvalue weighted by Crippen LogP contribution is 2.42. The highest BCUT2D eigenvalue weighted by molar-refractivity contribution is 5.86. The maximum absolute atomic E-state index is 15.6. The summed E-state index contributed by atoms with van der Waals surface area (Å²) in [4.78, 5) is 49.1. The molecular formula is C52H65F2N12O8+. The van der Waals surface area contributed by atoms with Gasteiger partial charge in [-0.3, -0.25) is 9.69 Å². The molecule has 2 aliphatic rings. The number of aliphatic hydroxyl groups excluding tert-OH is 1. The predicted molar refractivity (Wildman–Crippen MR) is 270 cm³/mol. The van der Waals surface area contributed by atoms with Crippen LogP contribution in [0.25, 0.3) is 5.69 Å². The molecule has 0 aliphatic carbocycles. The average molecular weight is 1020 g/mol. The first kappa shape index (κ1) is 53.0. The molecule has 1 amide bonds. The van der Waals surface area contributed by atoms with Crippen molar-refractivity contribution in [1.29, 1.82) is 0 Å². The van der Waals surface area contributed by atoms with Gasteiger partial charge in [0.1, 0.15) is 54.3 Å². The normalized spacial score (nSPS) is 18.4. The standard InChI is InChI=1S/C52H65F2N12O8/c1-6-47(35(2)67)66-50(69)65(33-59-66)42-12-10-40(11-13-42)61-22-24-62(25-23-61)41-14-16-43(17-15-41)71-28-37-27-52(73-29-37,44-18-9-39(53)26-45(44)54)31-64-34-63(32-58-64)36(3)74-51(70)60(5)48-38(8-7-20-57-48)30-72-49(68)46(55)19-21-56-4/h7-18,20,26,32-37,46-47,56,67H,6,19,21-25,27-31,55H2,1-5H3/q+1/t35-,36?,37+,46-,47-,52-/m0/s1. The number of rotatable bonds is 21. The minimum atomic E-state index is -1.23. The highest BCUT2D eigenvalue weighted by atomic mass is 19.1. The van der Waals surface area contributed by atoms with E-state index < -0.39 is 53.7 Å². The van der Waals surface area contributed by atoms with Crippen molar-refractivity contribution in [3.05, 3.63) is 137 Å². The number of pyridine rings is 1. The van der Waals surface area contributed by atoms with Gasteiger partial charge in [0.25, 0.3) is 6.33 Å². The SMILES string of the molecule is CC[C@@H]([C@H](C)O)n1ncn(-c2ccc(N3CCN(c4ccc(OC[C@@H]5CO[C@@](Cn6c[n+](C(C)OC(=O)N(C)c7ncccc7COC(=O)[C@@H](N)CCNC)cn6)(c6ccc(F)cc6F)C5)cc4)CC3)cc2)c1=O. The number of amides is 1. The first-order valence-corrected chi connectivity index (χ1v) is 24.8. The first-order chi connectivity index (χ1) is 35.7. The number of benzene rings is 3. The Morgan fingerprint density at radius 3 is 2.35 bits per heavy atom. The van der Waals surface area contributed by atoms with Crippen molar-refractivity contribution in [2.24, 2.45) is 11.7 Å². The summed E-state index contributed by atoms with van der Waals surface area (Å²) >= 11 is 0. The highest BCUT2D eigenvalue weighted by Gasteiger charge is 2.46. The number of hydrogen-bond donors (Lipinski definition) is 3. The number of carbonyl (C=O) groups is 2. The monoisotopic (exact) mass is 1020 g/mol. The number of halogens is 2. The van der Waals surface area contributed by atoms with Gasteiger partial charge < -0.3 is 44.9 Å². The fourth-order valence-corrected chi connectivity index (χ4v) is 9.43. The molecule has 0 spiro atoms. The lowest BCUT2D eigenvalue weighted by atomic mass is 9.87. The van der Waals surface area contributed by atoms with Crippen molar-refractivity contribution in [2.45, 2.75) is 83.2 Å². The van der Waals surface area contributed by atoms with Gasteiger partial charge in [-0.25, -0.2) is 32.6 Å². The first-order valence-electron chi connectivity index (χ1n) is 24.8. The second-order valence-corrected chi connectivity index (χ2v) is 18.8. The molecule has 6 aromatic rings. The number of nitrogens with one attached hydrogen (secondary N) is 1. The van der Waals surface area contributed by atoms with Gasteiger partial charge in [0.2, 0.25) is 12.6 Å². The summed E-state index contributed by atoms with van der Waals surface area (Å²) in [6, 6.07) is 21.4. The summed E-state index contributed by atoms with van der Waals surface area (Å²) in [5.74, 6) is -1.29. The summed E-state index contributed by atoms with van der Waals surface area (Å²) in [6.45, 7) is 9.40. The smallest absolute Gasteiger partial charge is 0.418 e. The summed E-state index contributed by atoms with van der Waals surface area (Å²) in [5.41, 5.74) is 7.89. The van der Waals surface area contributed by atoms with Crippen LogP contribution in [0.5, 0.6) is 5.75 Å². The zero-order chi connectivity index (χ0) is 52.5. The number of nitrogens with zero attached hydrogens (tertiary/aromatic N) is 10. The molecule has 394 valence electrons. The summed E-state index contributed by atoms with van der Waals surface area (Å²) in [5, 5.41) is 21.8. The van der Waals surface area contributed by atoms with Crippen molar-refractivity contribution in [2.75, 3.05) is 74.7 Å². The number of aliphatic hydroxyl groups is 1. The Morgan fingerprint density at radius 1 is 1.00 bits per heavy atom. The predicted octanol–water partition coefficient (Wildman–Crippen LogP) is 4.63. The van der Waals surface area contributed by atoms with E-state index in [4.69, 9.17) is 24.7 Å². The summed E-state index contributed by atoms with van der Waals surface area (Å²) in [7, 11) is 3.25. The fourth-order valence-electron chi connectivity index (χ4n) is 9.43. The Balaban J connectivity index is 0.844. The molecule has 2 fully saturated rings. The number of hydrogen-bond acceptors (Lipinski definition) is 15. The molecule has 2 saturated heterocycles. The molecule has 1 unspecified atom stereocenters. The van der Waals surface area contributed by atoms with Crippen molar-refractivity contribution in [3.63, 3.8) is 0 Å². The Kier molecular flexibility index (Phi) is 17.0. The van der Waals surface area contributed by atoms with Gasteiger partial charge in [0, 0.05) is 85.9 Å². The second-order valence-electron chi connectivity index (χ2n) is 18.8. The van der Waals surface area contributed by atoms with E-state index in [1.165, 1.54) is 52.2 Å². The van der Waals surface area contributed by atoms with Gasteiger partial charge >= 0.3 is 17.8 Å². The van der Waals surface area contributed by atoms with E-state index in [0.717, 1.165) is 43.6 Å². The number of nitrogens with two attached hydrogens (primary N) is 1. The van der Waals surface area contributed by atoms with Gasteiger partial charge in [-0.1, -0.05) is 19.1 Å². The number of piperazine rings is 1. The van der Waals surface area contributed by atoms with Crippen LogP contribution in [0.2, 0.25) is 0 Å². The summed E-state index contributed by atoms with van der Waals surface area (Å²) < 4.78 is 59.7. The molecule has 0 radical (unpaired) electrons. The van der Waals surface area contributed by atoms with Crippen molar-refractivity contribution < 1.29 is 47.0 Å². The van der Waals surface area contributed by atoms with Crippen LogP contribution in [0.3, 0.4) is 0 Å². The zero-order valence-corrected chi connectivity index (χ0v) is 42.3. The van der Waals surface area contributed by atoms with Crippen molar-refractivity contribution in [3.8, 4) is 11.4 Å². The Hall–Kier alpha value is -7.27. The van der Waals surface area contributed by atoms with Crippen LogP contribution in [0.4, 0.5) is 30.8 Å². The molecule has 22 heteroatoms. The topological polar surface area (TPSA) is 213 Å². The quantitative estimate of drug-likeness (QED) is 0.0663. The van der Waals surface area contributed by atoms with Crippen LogP contribution in [0.15, 0.2) is 109 Å². The Morgan fingerprint density at radius 2 is 1.69 bits per heavy atom. The zero-order valence-electron chi connectivity index (χ0n) is 42.3. The largest absolute Gasteiger partial charge is 0.493 e. The number of ether oxygens (including phenoxy) is 4. The molecule has 6 atom stereocenters. The van der Waals surface area contributed by atoms with Crippen LogP contribution < -0.4 is 40.7 Å². The van der Waals surface area contributed by atoms with Gasteiger partial charge in [-0.05, 0) is 100 Å². The van der Waals surface area contributed by atoms with Crippen LogP contribution in [-0.2, 0) is 37.8 Å². The lowest BCUT2D eigenvalue weighted by Gasteiger charge is -2.37. The maximum Gasteiger partial charge on any atom is 0.418 e. The molecular weight excluding hydrogens is 959 g/mol. The van der Waals surface area contributed by atoms with E-state index in [1.807, 2.05) is 55.5 Å². The fraction of sp³-hybridized carbons (Fsp3) is 0.442. The van der Waals surface area contributed by atoms with E-state index in [1.54, 1.807) is 48.6 Å². The van der Waals surface area contributed by atoms with Gasteiger partial charge in [-0.2, -0.15) is 9.67 Å². The Labute approximate surface area is 427 Å². The van der Waals surface area contributed by atoms with Gasteiger partial charge in [-0.15, -0.1) is 4.68 Å². The number of carbonyl (C=O) groups excluding carboxylic acids is 2. The molecule has 8 rings (SSSR count). The number of aromatic nitrogens is 7. The van der Waals surface area contributed by atoms with E-state index in [2.05, 4.69) is 30.3 Å². The van der Waals surface area contributed by atoms with Crippen molar-refractivity contribution in [1.82, 2.24) is 34.4 Å². The third-order valence-electron chi connectivity index (χ3n) is 13.6. The minimum Gasteiger partial charge on any atom is -0.493 e. The maximum atomic E-state index is 15.6. The van der Waals surface area contributed by atoms with Crippen LogP contribution in [0, 0.1) is 17.6 Å². The molecule has 2 aliphatic heterocycles. The lowest BCUT2D eigenvalue weighted by molar-refractivity contribution is -0.753. The van der Waals surface area contributed by atoms with Crippen molar-refractivity contribution >= 4 is 29.3 Å². The van der Waals surface area contributed by atoms with E-state index in [9.17, 15) is 23.9 Å². The number of anilines is 3. The lowest BCUT2D eigenvalue weighted by Crippen LogP contribution is -2.46. The van der Waals surface area contributed by atoms with Gasteiger partial charge in [0.05, 0.1) is 31.0 Å². The molecule has 0 bridgehead atoms. The second kappa shape index (κ2) is 23.7. The molecule has 0 saturated carbocycles. The van der Waals surface area contributed by atoms with E-state index >= 15 is 4.39 Å². The third kappa shape index (κ3) is 12.2. The van der Waals surface area contributed by atoms with E-state index in [0.29, 0.717) is 42.8 Å². The molecule has 3 aromatic carbocycles. The number of esters is 1. The van der Waals surface area contributed by atoms with Crippen LogP contribution in [0.1, 0.15) is 63.4 Å². The third-order valence-corrected chi connectivity index (χ3v) is 13.6. The van der Waals surface area contributed by atoms with Crippen LogP contribution >= 0.6 is 0 Å². The Bertz CT molecular complexity index is 2890. The van der Waals surface area contributed by atoms with Crippen LogP contribution in [-0.4, -0.2) is 118 Å². The average Bonchev–Trinajstić information content (AvgIpc) is 4.16. The molecule has 4 N–H and O–H groups in total. The molecule has 20 nitrogen and oxygen atoms in total. The summed E-state index contributed by atoms with van der Waals surface area (Å²) in [6.07, 6.45) is 5.11. The van der Waals surface area contributed by atoms with E-state index in [-0.39, 0.29) is 49.4 Å². The molecule has 74 heavy (non-hydrogen) atoms. The molecule has 5 heterocycles. The van der Waals surface area contributed by atoms with Gasteiger partial charge in [0.15, 0.2) is 0 Å².